The molecule has 0 radical (unpaired) electrons. The molecule has 3 nitrogen and oxygen atoms in total. The summed E-state index contributed by atoms with van der Waals surface area (Å²) in [4.78, 5) is 4.22. The summed E-state index contributed by atoms with van der Waals surface area (Å²) in [6.45, 7) is 10.9. The lowest BCUT2D eigenvalue weighted by Crippen LogP contribution is -2.13. The standard InChI is InChI=1S/C13H18ClN2OP/c1-8-6-11(16-13(15)10(3)14)12(7-9(8)2)18(4,5)17/h6-7H,3H2,1-2,4-5H3,(H2,15,16). The lowest BCUT2D eigenvalue weighted by molar-refractivity contribution is 0.588. The highest BCUT2D eigenvalue weighted by molar-refractivity contribution is 7.70. The lowest BCUT2D eigenvalue weighted by Gasteiger charge is -2.14. The van der Waals surface area contributed by atoms with E-state index in [-0.39, 0.29) is 10.9 Å². The first-order chi connectivity index (χ1) is 8.12. The van der Waals surface area contributed by atoms with E-state index in [1.807, 2.05) is 26.0 Å². The molecule has 0 unspecified atom stereocenters. The van der Waals surface area contributed by atoms with Crippen molar-refractivity contribution in [2.75, 3.05) is 13.3 Å². The van der Waals surface area contributed by atoms with Crippen LogP contribution in [-0.4, -0.2) is 19.2 Å². The fourth-order valence-electron chi connectivity index (χ4n) is 1.50. The van der Waals surface area contributed by atoms with Crippen molar-refractivity contribution in [3.63, 3.8) is 0 Å². The van der Waals surface area contributed by atoms with Crippen molar-refractivity contribution in [3.05, 3.63) is 34.9 Å². The molecular weight excluding hydrogens is 267 g/mol. The minimum absolute atomic E-state index is 0.148. The molecule has 0 aromatic heterocycles. The maximum atomic E-state index is 12.3. The maximum Gasteiger partial charge on any atom is 0.142 e. The van der Waals surface area contributed by atoms with Crippen LogP contribution >= 0.6 is 18.7 Å². The average molecular weight is 285 g/mol. The fourth-order valence-corrected chi connectivity index (χ4v) is 2.71. The molecule has 18 heavy (non-hydrogen) atoms. The Morgan fingerprint density at radius 2 is 1.83 bits per heavy atom. The van der Waals surface area contributed by atoms with E-state index in [1.54, 1.807) is 13.3 Å². The van der Waals surface area contributed by atoms with Crippen LogP contribution in [0, 0.1) is 13.8 Å². The summed E-state index contributed by atoms with van der Waals surface area (Å²) in [5, 5.41) is 0.896. The number of hydrogen-bond donors (Lipinski definition) is 1. The number of nitrogens with two attached hydrogens (primary N) is 1. The number of aryl methyl sites for hydroxylation is 2. The van der Waals surface area contributed by atoms with E-state index in [1.165, 1.54) is 0 Å². The van der Waals surface area contributed by atoms with E-state index in [9.17, 15) is 4.57 Å². The molecule has 0 aliphatic carbocycles. The Morgan fingerprint density at radius 3 is 2.28 bits per heavy atom. The van der Waals surface area contributed by atoms with E-state index >= 15 is 0 Å². The number of benzene rings is 1. The highest BCUT2D eigenvalue weighted by atomic mass is 35.5. The predicted octanol–water partition coefficient (Wildman–Crippen LogP) is 3.29. The molecule has 0 fully saturated rings. The number of amidine groups is 1. The first-order valence-corrected chi connectivity index (χ1v) is 8.46. The van der Waals surface area contributed by atoms with Gasteiger partial charge in [-0.15, -0.1) is 0 Å². The van der Waals surface area contributed by atoms with Crippen molar-refractivity contribution in [2.45, 2.75) is 13.8 Å². The Balaban J connectivity index is 3.52. The fraction of sp³-hybridized carbons (Fsp3) is 0.308. The van der Waals surface area contributed by atoms with Gasteiger partial charge in [0.25, 0.3) is 0 Å². The Bertz CT molecular complexity index is 573. The van der Waals surface area contributed by atoms with Crippen molar-refractivity contribution in [1.29, 1.82) is 0 Å². The number of hydrogen-bond acceptors (Lipinski definition) is 2. The molecule has 0 spiro atoms. The van der Waals surface area contributed by atoms with Gasteiger partial charge in [0.1, 0.15) is 13.0 Å². The van der Waals surface area contributed by atoms with Crippen LogP contribution < -0.4 is 11.0 Å². The highest BCUT2D eigenvalue weighted by Gasteiger charge is 2.17. The third kappa shape index (κ3) is 3.47. The molecule has 0 saturated carbocycles. The Hall–Kier alpha value is -1.05. The molecule has 0 atom stereocenters. The van der Waals surface area contributed by atoms with Crippen molar-refractivity contribution in [3.8, 4) is 0 Å². The van der Waals surface area contributed by atoms with Gasteiger partial charge in [-0.3, -0.25) is 0 Å². The van der Waals surface area contributed by atoms with Crippen LogP contribution in [0.25, 0.3) is 0 Å². The van der Waals surface area contributed by atoms with Crippen molar-refractivity contribution >= 4 is 35.6 Å². The summed E-state index contributed by atoms with van der Waals surface area (Å²) in [6, 6.07) is 3.77. The zero-order valence-electron chi connectivity index (χ0n) is 11.1. The quantitative estimate of drug-likeness (QED) is 0.526. The van der Waals surface area contributed by atoms with E-state index in [0.29, 0.717) is 11.0 Å². The predicted molar refractivity (Wildman–Crippen MR) is 81.3 cm³/mol. The summed E-state index contributed by atoms with van der Waals surface area (Å²) >= 11 is 5.70. The monoisotopic (exact) mass is 284 g/mol. The molecule has 0 heterocycles. The maximum absolute atomic E-state index is 12.3. The minimum Gasteiger partial charge on any atom is -0.382 e. The molecule has 2 N–H and O–H groups in total. The van der Waals surface area contributed by atoms with E-state index in [0.717, 1.165) is 11.1 Å². The summed E-state index contributed by atoms with van der Waals surface area (Å²) in [6.07, 6.45) is 0. The van der Waals surface area contributed by atoms with Gasteiger partial charge in [0, 0.05) is 5.30 Å². The molecular formula is C13H18ClN2OP. The molecule has 1 rings (SSSR count). The van der Waals surface area contributed by atoms with Crippen LogP contribution in [0.3, 0.4) is 0 Å². The van der Waals surface area contributed by atoms with Crippen LogP contribution in [0.2, 0.25) is 0 Å². The Morgan fingerprint density at radius 1 is 1.33 bits per heavy atom. The van der Waals surface area contributed by atoms with Crippen LogP contribution in [0.15, 0.2) is 28.7 Å². The summed E-state index contributed by atoms with van der Waals surface area (Å²) in [5.74, 6) is 0.148. The average Bonchev–Trinajstić information content (AvgIpc) is 2.21. The third-order valence-corrected chi connectivity index (χ3v) is 4.40. The zero-order valence-corrected chi connectivity index (χ0v) is 12.8. The van der Waals surface area contributed by atoms with Gasteiger partial charge in [-0.05, 0) is 50.4 Å². The topological polar surface area (TPSA) is 55.4 Å². The second kappa shape index (κ2) is 5.29. The first-order valence-electron chi connectivity index (χ1n) is 5.48. The summed E-state index contributed by atoms with van der Waals surface area (Å²) in [5.41, 5.74) is 8.43. The summed E-state index contributed by atoms with van der Waals surface area (Å²) in [7, 11) is -2.42. The van der Waals surface area contributed by atoms with Gasteiger partial charge in [0.2, 0.25) is 0 Å². The van der Waals surface area contributed by atoms with Crippen molar-refractivity contribution < 1.29 is 4.57 Å². The number of aliphatic imine (C=N–C) groups is 1. The molecule has 1 aromatic rings. The van der Waals surface area contributed by atoms with Crippen LogP contribution in [0.5, 0.6) is 0 Å². The molecule has 0 aliphatic rings. The van der Waals surface area contributed by atoms with Gasteiger partial charge in [-0.25, -0.2) is 4.99 Å². The molecule has 98 valence electrons. The number of halogens is 1. The van der Waals surface area contributed by atoms with Gasteiger partial charge in [-0.2, -0.15) is 0 Å². The largest absolute Gasteiger partial charge is 0.382 e. The second-order valence-corrected chi connectivity index (χ2v) is 8.32. The Labute approximate surface area is 113 Å². The smallest absolute Gasteiger partial charge is 0.142 e. The molecule has 0 saturated heterocycles. The van der Waals surface area contributed by atoms with E-state index in [4.69, 9.17) is 17.3 Å². The van der Waals surface area contributed by atoms with Gasteiger partial charge in [0.15, 0.2) is 0 Å². The molecule has 0 bridgehead atoms. The highest BCUT2D eigenvalue weighted by Crippen LogP contribution is 2.39. The zero-order chi connectivity index (χ0) is 14.1. The van der Waals surface area contributed by atoms with Crippen LogP contribution in [-0.2, 0) is 4.57 Å². The lowest BCUT2D eigenvalue weighted by atomic mass is 10.1. The SMILES string of the molecule is C=C(Cl)C(N)=Nc1cc(C)c(C)cc1P(C)(C)=O. The third-order valence-electron chi connectivity index (χ3n) is 2.69. The van der Waals surface area contributed by atoms with Gasteiger partial charge in [0.05, 0.1) is 10.7 Å². The van der Waals surface area contributed by atoms with Crippen LogP contribution in [0.1, 0.15) is 11.1 Å². The molecule has 1 aromatic carbocycles. The van der Waals surface area contributed by atoms with E-state index in [2.05, 4.69) is 11.6 Å². The molecule has 0 aliphatic heterocycles. The van der Waals surface area contributed by atoms with Crippen molar-refractivity contribution in [2.24, 2.45) is 10.7 Å². The van der Waals surface area contributed by atoms with Gasteiger partial charge < -0.3 is 10.3 Å². The normalized spacial score (nSPS) is 12.6. The van der Waals surface area contributed by atoms with Gasteiger partial charge >= 0.3 is 0 Å². The van der Waals surface area contributed by atoms with E-state index < -0.39 is 7.14 Å². The first kappa shape index (κ1) is 15.0. The minimum atomic E-state index is -2.42. The van der Waals surface area contributed by atoms with Crippen LogP contribution in [0.4, 0.5) is 5.69 Å². The van der Waals surface area contributed by atoms with Crippen molar-refractivity contribution in [1.82, 2.24) is 0 Å². The van der Waals surface area contributed by atoms with Gasteiger partial charge in [-0.1, -0.05) is 18.2 Å². The molecule has 0 amide bonds. The molecule has 5 heteroatoms. The Kier molecular flexibility index (Phi) is 4.41. The summed E-state index contributed by atoms with van der Waals surface area (Å²) < 4.78 is 12.3. The second-order valence-electron chi connectivity index (χ2n) is 4.68. The number of nitrogens with zero attached hydrogens (tertiary/aromatic N) is 1. The number of rotatable bonds is 3.